The fourth-order valence-corrected chi connectivity index (χ4v) is 3.62. The second-order valence-corrected chi connectivity index (χ2v) is 7.15. The molecule has 2 aliphatic heterocycles. The van der Waals surface area contributed by atoms with Gasteiger partial charge in [0.1, 0.15) is 11.3 Å². The number of hydrogen-bond acceptors (Lipinski definition) is 5. The van der Waals surface area contributed by atoms with Crippen molar-refractivity contribution in [2.45, 2.75) is 25.8 Å². The highest BCUT2D eigenvalue weighted by Gasteiger charge is 2.32. The molecule has 0 bridgehead atoms. The van der Waals surface area contributed by atoms with Crippen molar-refractivity contribution in [3.63, 3.8) is 0 Å². The van der Waals surface area contributed by atoms with Crippen LogP contribution < -0.4 is 10.2 Å². The smallest absolute Gasteiger partial charge is 0.298 e. The van der Waals surface area contributed by atoms with E-state index in [9.17, 15) is 9.18 Å². The highest BCUT2D eigenvalue weighted by molar-refractivity contribution is 5.78. The molecule has 0 radical (unpaired) electrons. The van der Waals surface area contributed by atoms with E-state index in [1.807, 2.05) is 0 Å². The summed E-state index contributed by atoms with van der Waals surface area (Å²) >= 11 is 0. The van der Waals surface area contributed by atoms with E-state index in [1.165, 1.54) is 18.6 Å². The zero-order chi connectivity index (χ0) is 17.4. The number of carbonyl (C=O) groups excluding carboxylic acids is 1. The second-order valence-electron chi connectivity index (χ2n) is 7.15. The van der Waals surface area contributed by atoms with Gasteiger partial charge in [0.15, 0.2) is 5.58 Å². The quantitative estimate of drug-likeness (QED) is 0.897. The number of rotatable bonds is 5. The molecule has 25 heavy (non-hydrogen) atoms. The lowest BCUT2D eigenvalue weighted by molar-refractivity contribution is -0.123. The zero-order valence-electron chi connectivity index (χ0n) is 14.4. The Morgan fingerprint density at radius 2 is 2.28 bits per heavy atom. The van der Waals surface area contributed by atoms with Gasteiger partial charge in [-0.3, -0.25) is 9.69 Å². The third-order valence-corrected chi connectivity index (χ3v) is 5.15. The topological polar surface area (TPSA) is 61.6 Å². The summed E-state index contributed by atoms with van der Waals surface area (Å²) < 4.78 is 19.0. The van der Waals surface area contributed by atoms with Crippen LogP contribution in [-0.4, -0.2) is 54.6 Å². The second kappa shape index (κ2) is 6.63. The highest BCUT2D eigenvalue weighted by atomic mass is 19.1. The number of halogens is 1. The van der Waals surface area contributed by atoms with Gasteiger partial charge in [0.2, 0.25) is 5.91 Å². The van der Waals surface area contributed by atoms with Gasteiger partial charge in [-0.2, -0.15) is 4.98 Å². The summed E-state index contributed by atoms with van der Waals surface area (Å²) in [6.07, 6.45) is 2.16. The number of hydrogen-bond donors (Lipinski definition) is 1. The molecule has 0 aliphatic carbocycles. The number of amides is 1. The van der Waals surface area contributed by atoms with Crippen molar-refractivity contribution in [1.29, 1.82) is 0 Å². The lowest BCUT2D eigenvalue weighted by Gasteiger charge is -2.29. The third kappa shape index (κ3) is 3.46. The number of carbonyl (C=O) groups is 1. The molecule has 1 aromatic carbocycles. The molecule has 134 valence electrons. The number of aromatic nitrogens is 1. The van der Waals surface area contributed by atoms with Crippen molar-refractivity contribution in [1.82, 2.24) is 15.2 Å². The van der Waals surface area contributed by atoms with Gasteiger partial charge in [-0.15, -0.1) is 0 Å². The SMILES string of the molecule is CC1CC(CNC(=O)CN2CCC2)CN1c1nc2ccc(F)cc2o1. The van der Waals surface area contributed by atoms with Crippen LogP contribution in [0.1, 0.15) is 19.8 Å². The minimum Gasteiger partial charge on any atom is -0.423 e. The maximum absolute atomic E-state index is 13.3. The molecule has 2 aliphatic rings. The lowest BCUT2D eigenvalue weighted by Crippen LogP contribution is -2.45. The number of fused-ring (bicyclic) bond motifs is 1. The number of nitrogens with one attached hydrogen (secondary N) is 1. The van der Waals surface area contributed by atoms with Gasteiger partial charge in [-0.05, 0) is 50.9 Å². The molecular formula is C18H23FN4O2. The lowest BCUT2D eigenvalue weighted by atomic mass is 10.1. The van der Waals surface area contributed by atoms with Crippen LogP contribution in [0.5, 0.6) is 0 Å². The molecule has 2 unspecified atom stereocenters. The average molecular weight is 346 g/mol. The van der Waals surface area contributed by atoms with Gasteiger partial charge in [0.25, 0.3) is 6.01 Å². The molecule has 2 aromatic rings. The first kappa shape index (κ1) is 16.3. The van der Waals surface area contributed by atoms with Crippen LogP contribution in [0.15, 0.2) is 22.6 Å². The number of nitrogens with zero attached hydrogens (tertiary/aromatic N) is 3. The predicted octanol–water partition coefficient (Wildman–Crippen LogP) is 2.00. The molecular weight excluding hydrogens is 323 g/mol. The molecule has 7 heteroatoms. The van der Waals surface area contributed by atoms with E-state index in [0.29, 0.717) is 36.1 Å². The molecule has 0 saturated carbocycles. The van der Waals surface area contributed by atoms with Gasteiger partial charge in [-0.25, -0.2) is 4.39 Å². The van der Waals surface area contributed by atoms with Crippen LogP contribution in [0.3, 0.4) is 0 Å². The summed E-state index contributed by atoms with van der Waals surface area (Å²) in [5.74, 6) is 0.137. The maximum atomic E-state index is 13.3. The summed E-state index contributed by atoms with van der Waals surface area (Å²) in [5.41, 5.74) is 1.13. The Labute approximate surface area is 146 Å². The summed E-state index contributed by atoms with van der Waals surface area (Å²) in [6, 6.07) is 5.18. The Kier molecular flexibility index (Phi) is 4.33. The molecule has 2 atom stereocenters. The van der Waals surface area contributed by atoms with E-state index in [2.05, 4.69) is 27.0 Å². The number of benzene rings is 1. The Balaban J connectivity index is 1.35. The van der Waals surface area contributed by atoms with Crippen molar-refractivity contribution < 1.29 is 13.6 Å². The maximum Gasteiger partial charge on any atom is 0.298 e. The standard InChI is InChI=1S/C18H23FN4O2/c1-12-7-13(9-20-17(24)11-22-5-2-6-22)10-23(12)18-21-15-4-3-14(19)8-16(15)25-18/h3-4,8,12-13H,2,5-7,9-11H2,1H3,(H,20,24). The summed E-state index contributed by atoms with van der Waals surface area (Å²) in [4.78, 5) is 20.7. The van der Waals surface area contributed by atoms with Crippen molar-refractivity contribution >= 4 is 23.0 Å². The van der Waals surface area contributed by atoms with Crippen molar-refractivity contribution in [2.24, 2.45) is 5.92 Å². The largest absolute Gasteiger partial charge is 0.423 e. The Morgan fingerprint density at radius 1 is 1.44 bits per heavy atom. The fraction of sp³-hybridized carbons (Fsp3) is 0.556. The van der Waals surface area contributed by atoms with Gasteiger partial charge >= 0.3 is 0 Å². The fourth-order valence-electron chi connectivity index (χ4n) is 3.62. The summed E-state index contributed by atoms with van der Waals surface area (Å²) in [7, 11) is 0. The minimum absolute atomic E-state index is 0.100. The molecule has 6 nitrogen and oxygen atoms in total. The molecule has 1 amide bonds. The van der Waals surface area contributed by atoms with Crippen LogP contribution in [0.2, 0.25) is 0 Å². The number of likely N-dealkylation sites (tertiary alicyclic amines) is 1. The average Bonchev–Trinajstić information content (AvgIpc) is 3.11. The molecule has 4 rings (SSSR count). The monoisotopic (exact) mass is 346 g/mol. The van der Waals surface area contributed by atoms with Gasteiger partial charge in [-0.1, -0.05) is 0 Å². The van der Waals surface area contributed by atoms with Gasteiger partial charge in [0, 0.05) is 25.2 Å². The van der Waals surface area contributed by atoms with Crippen LogP contribution in [0.25, 0.3) is 11.1 Å². The first-order valence-corrected chi connectivity index (χ1v) is 8.90. The molecule has 2 saturated heterocycles. The zero-order valence-corrected chi connectivity index (χ0v) is 14.4. The van der Waals surface area contributed by atoms with Crippen LogP contribution in [-0.2, 0) is 4.79 Å². The van der Waals surface area contributed by atoms with E-state index < -0.39 is 0 Å². The van der Waals surface area contributed by atoms with E-state index in [4.69, 9.17) is 4.42 Å². The van der Waals surface area contributed by atoms with Crippen molar-refractivity contribution in [3.05, 3.63) is 24.0 Å². The number of oxazole rings is 1. The van der Waals surface area contributed by atoms with Crippen LogP contribution >= 0.6 is 0 Å². The van der Waals surface area contributed by atoms with Crippen LogP contribution in [0, 0.1) is 11.7 Å². The predicted molar refractivity (Wildman–Crippen MR) is 92.9 cm³/mol. The molecule has 1 N–H and O–H groups in total. The Morgan fingerprint density at radius 3 is 3.04 bits per heavy atom. The van der Waals surface area contributed by atoms with Gasteiger partial charge < -0.3 is 14.6 Å². The third-order valence-electron chi connectivity index (χ3n) is 5.15. The highest BCUT2D eigenvalue weighted by Crippen LogP contribution is 2.30. The van der Waals surface area contributed by atoms with E-state index in [1.54, 1.807) is 6.07 Å². The Hall–Kier alpha value is -2.15. The van der Waals surface area contributed by atoms with E-state index >= 15 is 0 Å². The van der Waals surface area contributed by atoms with Crippen LogP contribution in [0.4, 0.5) is 10.4 Å². The number of anilines is 1. The first-order valence-electron chi connectivity index (χ1n) is 8.90. The molecule has 0 spiro atoms. The molecule has 3 heterocycles. The normalized spacial score (nSPS) is 23.8. The summed E-state index contributed by atoms with van der Waals surface area (Å²) in [5, 5.41) is 3.04. The first-order chi connectivity index (χ1) is 12.1. The molecule has 1 aromatic heterocycles. The van der Waals surface area contributed by atoms with Crippen molar-refractivity contribution in [2.75, 3.05) is 37.6 Å². The minimum atomic E-state index is -0.326. The van der Waals surface area contributed by atoms with E-state index in [0.717, 1.165) is 26.1 Å². The van der Waals surface area contributed by atoms with Crippen molar-refractivity contribution in [3.8, 4) is 0 Å². The van der Waals surface area contributed by atoms with E-state index in [-0.39, 0.29) is 17.8 Å². The Bertz CT molecular complexity index is 774. The van der Waals surface area contributed by atoms with Gasteiger partial charge in [0.05, 0.1) is 6.54 Å². The summed E-state index contributed by atoms with van der Waals surface area (Å²) in [6.45, 7) is 6.13. The molecule has 2 fully saturated rings.